The van der Waals surface area contributed by atoms with Crippen LogP contribution in [-0.4, -0.2) is 69.3 Å². The maximum atomic E-state index is 12.6. The molecule has 0 bridgehead atoms. The Bertz CT molecular complexity index is 928. The molecule has 0 saturated carbocycles. The lowest BCUT2D eigenvalue weighted by Gasteiger charge is -2.33. The fraction of sp³-hybridized carbons (Fsp3) is 0.500. The van der Waals surface area contributed by atoms with Crippen LogP contribution < -0.4 is 0 Å². The van der Waals surface area contributed by atoms with Gasteiger partial charge in [-0.3, -0.25) is 14.2 Å². The minimum atomic E-state index is -4.57. The van der Waals surface area contributed by atoms with Crippen LogP contribution in [0, 0.1) is 0 Å². The van der Waals surface area contributed by atoms with Gasteiger partial charge in [-0.15, -0.1) is 0 Å². The van der Waals surface area contributed by atoms with Crippen molar-refractivity contribution < 1.29 is 26.4 Å². The van der Waals surface area contributed by atoms with Gasteiger partial charge in [0.25, 0.3) is 0 Å². The fourth-order valence-corrected chi connectivity index (χ4v) is 4.11. The van der Waals surface area contributed by atoms with E-state index in [9.17, 15) is 26.4 Å². The molecule has 0 radical (unpaired) electrons. The van der Waals surface area contributed by atoms with E-state index in [4.69, 9.17) is 0 Å². The van der Waals surface area contributed by atoms with Gasteiger partial charge in [-0.1, -0.05) is 0 Å². The van der Waals surface area contributed by atoms with Crippen LogP contribution in [0.1, 0.15) is 5.69 Å². The highest BCUT2D eigenvalue weighted by molar-refractivity contribution is 7.89. The van der Waals surface area contributed by atoms with Crippen molar-refractivity contribution in [2.45, 2.75) is 17.6 Å². The normalized spacial score (nSPS) is 16.7. The first kappa shape index (κ1) is 19.4. The number of hydrogen-bond acceptors (Lipinski definition) is 5. The van der Waals surface area contributed by atoms with Crippen LogP contribution in [-0.2, 0) is 34.6 Å². The molecular formula is C14H17F3N6O3S. The van der Waals surface area contributed by atoms with Crippen molar-refractivity contribution >= 4 is 15.9 Å². The van der Waals surface area contributed by atoms with Gasteiger partial charge in [-0.2, -0.15) is 27.7 Å². The predicted molar refractivity (Wildman–Crippen MR) is 85.8 cm³/mol. The number of amides is 1. The summed E-state index contributed by atoms with van der Waals surface area (Å²) >= 11 is 0. The molecule has 3 heterocycles. The molecular weight excluding hydrogens is 389 g/mol. The highest BCUT2D eigenvalue weighted by Crippen LogP contribution is 2.27. The molecule has 1 aliphatic heterocycles. The monoisotopic (exact) mass is 406 g/mol. The third-order valence-electron chi connectivity index (χ3n) is 4.14. The van der Waals surface area contributed by atoms with E-state index >= 15 is 0 Å². The summed E-state index contributed by atoms with van der Waals surface area (Å²) < 4.78 is 66.2. The zero-order valence-electron chi connectivity index (χ0n) is 14.3. The quantitative estimate of drug-likeness (QED) is 0.722. The predicted octanol–water partition coefficient (Wildman–Crippen LogP) is 0.168. The van der Waals surface area contributed by atoms with E-state index in [1.54, 1.807) is 7.05 Å². The molecule has 1 aliphatic rings. The lowest BCUT2D eigenvalue weighted by molar-refractivity contribution is -0.142. The molecule has 1 fully saturated rings. The van der Waals surface area contributed by atoms with Crippen molar-refractivity contribution in [2.24, 2.45) is 7.05 Å². The van der Waals surface area contributed by atoms with Crippen molar-refractivity contribution in [3.63, 3.8) is 0 Å². The first-order valence-corrected chi connectivity index (χ1v) is 9.38. The number of carbonyl (C=O) groups excluding carboxylic acids is 1. The van der Waals surface area contributed by atoms with E-state index in [1.165, 1.54) is 26.3 Å². The number of aromatic nitrogens is 4. The van der Waals surface area contributed by atoms with E-state index < -0.39 is 27.8 Å². The standard InChI is InChI=1S/C14H17F3N6O3S/c1-20-9-11(8-18-20)27(25,26)23-6-4-21(5-7-23)13(24)10-22-3-2-12(19-22)14(15,16)17/h2-3,8-9H,4-7,10H2,1H3. The summed E-state index contributed by atoms with van der Waals surface area (Å²) in [5, 5.41) is 7.18. The Kier molecular flexibility index (Phi) is 4.99. The van der Waals surface area contributed by atoms with E-state index in [2.05, 4.69) is 10.2 Å². The molecule has 27 heavy (non-hydrogen) atoms. The number of carbonyl (C=O) groups is 1. The van der Waals surface area contributed by atoms with Crippen molar-refractivity contribution in [1.82, 2.24) is 28.8 Å². The molecule has 1 saturated heterocycles. The molecule has 13 heteroatoms. The number of alkyl halides is 3. The molecule has 2 aromatic rings. The Morgan fingerprint density at radius 1 is 1.22 bits per heavy atom. The van der Waals surface area contributed by atoms with Crippen molar-refractivity contribution in [1.29, 1.82) is 0 Å². The van der Waals surface area contributed by atoms with Crippen LogP contribution in [0.4, 0.5) is 13.2 Å². The minimum Gasteiger partial charge on any atom is -0.338 e. The van der Waals surface area contributed by atoms with Gasteiger partial charge >= 0.3 is 6.18 Å². The van der Waals surface area contributed by atoms with Gasteiger partial charge < -0.3 is 4.90 Å². The van der Waals surface area contributed by atoms with Crippen LogP contribution in [0.25, 0.3) is 0 Å². The Balaban J connectivity index is 1.59. The third kappa shape index (κ3) is 4.13. The second-order valence-corrected chi connectivity index (χ2v) is 7.97. The summed E-state index contributed by atoms with van der Waals surface area (Å²) in [6.45, 7) is 0.134. The molecule has 0 spiro atoms. The number of sulfonamides is 1. The van der Waals surface area contributed by atoms with Gasteiger partial charge in [0.05, 0.1) is 6.20 Å². The maximum absolute atomic E-state index is 12.6. The van der Waals surface area contributed by atoms with Crippen LogP contribution in [0.3, 0.4) is 0 Å². The summed E-state index contributed by atoms with van der Waals surface area (Å²) in [6, 6.07) is 0.797. The van der Waals surface area contributed by atoms with Gasteiger partial charge in [0.2, 0.25) is 15.9 Å². The first-order chi connectivity index (χ1) is 12.6. The summed E-state index contributed by atoms with van der Waals surface area (Å²) in [5.41, 5.74) is -1.07. The molecule has 148 valence electrons. The zero-order chi connectivity index (χ0) is 19.8. The van der Waals surface area contributed by atoms with E-state index in [1.807, 2.05) is 0 Å². The Morgan fingerprint density at radius 3 is 2.41 bits per heavy atom. The van der Waals surface area contributed by atoms with E-state index in [-0.39, 0.29) is 37.6 Å². The molecule has 1 amide bonds. The molecule has 3 rings (SSSR count). The highest BCUT2D eigenvalue weighted by Gasteiger charge is 2.34. The van der Waals surface area contributed by atoms with Gasteiger partial charge in [0, 0.05) is 45.6 Å². The van der Waals surface area contributed by atoms with E-state index in [0.717, 1.165) is 16.9 Å². The molecule has 0 aliphatic carbocycles. The number of halogens is 3. The third-order valence-corrected chi connectivity index (χ3v) is 5.99. The Hall–Kier alpha value is -2.41. The average molecular weight is 406 g/mol. The van der Waals surface area contributed by atoms with Crippen LogP contribution >= 0.6 is 0 Å². The van der Waals surface area contributed by atoms with E-state index in [0.29, 0.717) is 0 Å². The Morgan fingerprint density at radius 2 is 1.89 bits per heavy atom. The lowest BCUT2D eigenvalue weighted by Crippen LogP contribution is -2.51. The molecule has 9 nitrogen and oxygen atoms in total. The van der Waals surface area contributed by atoms with Gasteiger partial charge in [0.15, 0.2) is 5.69 Å². The summed E-state index contributed by atoms with van der Waals surface area (Å²) in [6.07, 6.45) is -0.837. The average Bonchev–Trinajstić information content (AvgIpc) is 3.24. The van der Waals surface area contributed by atoms with Crippen molar-refractivity contribution in [2.75, 3.05) is 26.2 Å². The zero-order valence-corrected chi connectivity index (χ0v) is 15.1. The molecule has 0 N–H and O–H groups in total. The first-order valence-electron chi connectivity index (χ1n) is 7.94. The van der Waals surface area contributed by atoms with Gasteiger partial charge in [0.1, 0.15) is 11.4 Å². The largest absolute Gasteiger partial charge is 0.435 e. The Labute approximate surface area is 153 Å². The smallest absolute Gasteiger partial charge is 0.338 e. The number of piperazine rings is 1. The second-order valence-electron chi connectivity index (χ2n) is 6.03. The topological polar surface area (TPSA) is 93.3 Å². The molecule has 0 atom stereocenters. The summed E-state index contributed by atoms with van der Waals surface area (Å²) in [4.78, 5) is 13.7. The number of nitrogens with zero attached hydrogens (tertiary/aromatic N) is 6. The minimum absolute atomic E-state index is 0.0704. The molecule has 0 unspecified atom stereocenters. The summed E-state index contributed by atoms with van der Waals surface area (Å²) in [5.74, 6) is -0.426. The fourth-order valence-electron chi connectivity index (χ4n) is 2.70. The summed E-state index contributed by atoms with van der Waals surface area (Å²) in [7, 11) is -2.09. The van der Waals surface area contributed by atoms with Gasteiger partial charge in [-0.25, -0.2) is 8.42 Å². The molecule has 0 aromatic carbocycles. The second kappa shape index (κ2) is 6.96. The maximum Gasteiger partial charge on any atom is 0.435 e. The molecule has 2 aromatic heterocycles. The van der Waals surface area contributed by atoms with Gasteiger partial charge in [-0.05, 0) is 6.07 Å². The van der Waals surface area contributed by atoms with Crippen molar-refractivity contribution in [3.8, 4) is 0 Å². The number of hydrogen-bond donors (Lipinski definition) is 0. The number of aryl methyl sites for hydroxylation is 1. The lowest BCUT2D eigenvalue weighted by atomic mass is 10.3. The number of rotatable bonds is 4. The van der Waals surface area contributed by atoms with Crippen LogP contribution in [0.2, 0.25) is 0 Å². The SMILES string of the molecule is Cn1cc(S(=O)(=O)N2CCN(C(=O)Cn3ccc(C(F)(F)F)n3)CC2)cn1. The highest BCUT2D eigenvalue weighted by atomic mass is 32.2. The van der Waals surface area contributed by atoms with Crippen LogP contribution in [0.5, 0.6) is 0 Å². The van der Waals surface area contributed by atoms with Crippen molar-refractivity contribution in [3.05, 3.63) is 30.4 Å². The van der Waals surface area contributed by atoms with Crippen LogP contribution in [0.15, 0.2) is 29.6 Å².